The largest absolute Gasteiger partial charge is 0.477 e. The number of rotatable bonds is 4. The van der Waals surface area contributed by atoms with Crippen molar-refractivity contribution in [2.24, 2.45) is 0 Å². The Morgan fingerprint density at radius 2 is 2.38 bits per heavy atom. The standard InChI is InChI=1S/C11H10O3S2/c1-7-9(2-4-14-7)16-6-8-3-5-15-10(8)11(12)13/h2-5H,6H2,1H3,(H,12,13). The van der Waals surface area contributed by atoms with E-state index < -0.39 is 5.97 Å². The molecule has 2 heterocycles. The lowest BCUT2D eigenvalue weighted by Crippen LogP contribution is -1.96. The van der Waals surface area contributed by atoms with Gasteiger partial charge in [-0.1, -0.05) is 0 Å². The van der Waals surface area contributed by atoms with E-state index in [0.29, 0.717) is 10.6 Å². The number of hydrogen-bond donors (Lipinski definition) is 1. The fraction of sp³-hybridized carbons (Fsp3) is 0.182. The first-order valence-corrected chi connectivity index (χ1v) is 6.51. The third-order valence-corrected chi connectivity index (χ3v) is 4.27. The minimum Gasteiger partial charge on any atom is -0.477 e. The zero-order valence-electron chi connectivity index (χ0n) is 8.60. The summed E-state index contributed by atoms with van der Waals surface area (Å²) in [6.45, 7) is 1.90. The number of thioether (sulfide) groups is 1. The molecule has 1 N–H and O–H groups in total. The number of thiophene rings is 1. The van der Waals surface area contributed by atoms with Crippen molar-refractivity contribution in [1.82, 2.24) is 0 Å². The highest BCUT2D eigenvalue weighted by Crippen LogP contribution is 2.29. The van der Waals surface area contributed by atoms with Gasteiger partial charge in [0, 0.05) is 10.6 Å². The van der Waals surface area contributed by atoms with E-state index in [4.69, 9.17) is 9.52 Å². The SMILES string of the molecule is Cc1occc1SCc1ccsc1C(=O)O. The van der Waals surface area contributed by atoms with Crippen LogP contribution >= 0.6 is 23.1 Å². The third-order valence-electron chi connectivity index (χ3n) is 2.14. The minimum absolute atomic E-state index is 0.425. The van der Waals surface area contributed by atoms with Crippen molar-refractivity contribution in [1.29, 1.82) is 0 Å². The highest BCUT2D eigenvalue weighted by Gasteiger charge is 2.12. The van der Waals surface area contributed by atoms with E-state index in [1.54, 1.807) is 18.0 Å². The number of carbonyl (C=O) groups is 1. The third kappa shape index (κ3) is 2.31. The van der Waals surface area contributed by atoms with Gasteiger partial charge in [0.25, 0.3) is 0 Å². The van der Waals surface area contributed by atoms with Crippen molar-refractivity contribution in [3.8, 4) is 0 Å². The van der Waals surface area contributed by atoms with Gasteiger partial charge in [-0.2, -0.15) is 0 Å². The van der Waals surface area contributed by atoms with Gasteiger partial charge in [-0.3, -0.25) is 0 Å². The van der Waals surface area contributed by atoms with E-state index in [0.717, 1.165) is 16.2 Å². The summed E-state index contributed by atoms with van der Waals surface area (Å²) in [5.41, 5.74) is 0.864. The second kappa shape index (κ2) is 4.76. The molecule has 0 unspecified atom stereocenters. The van der Waals surface area contributed by atoms with Crippen LogP contribution in [0.4, 0.5) is 0 Å². The summed E-state index contributed by atoms with van der Waals surface area (Å²) >= 11 is 2.86. The molecule has 2 aromatic rings. The summed E-state index contributed by atoms with van der Waals surface area (Å²) < 4.78 is 5.18. The average Bonchev–Trinajstić information content (AvgIpc) is 2.83. The molecule has 16 heavy (non-hydrogen) atoms. The van der Waals surface area contributed by atoms with Crippen molar-refractivity contribution in [3.05, 3.63) is 40.0 Å². The van der Waals surface area contributed by atoms with Gasteiger partial charge in [-0.25, -0.2) is 4.79 Å². The Labute approximate surface area is 101 Å². The summed E-state index contributed by atoms with van der Waals surface area (Å²) in [5.74, 6) is 0.678. The van der Waals surface area contributed by atoms with Crippen LogP contribution in [0.1, 0.15) is 21.0 Å². The van der Waals surface area contributed by atoms with Gasteiger partial charge < -0.3 is 9.52 Å². The van der Waals surface area contributed by atoms with Gasteiger partial charge >= 0.3 is 5.97 Å². The molecule has 0 aliphatic heterocycles. The molecule has 0 aliphatic rings. The van der Waals surface area contributed by atoms with E-state index >= 15 is 0 Å². The Hall–Kier alpha value is -1.20. The van der Waals surface area contributed by atoms with Gasteiger partial charge in [0.05, 0.1) is 6.26 Å². The molecule has 0 bridgehead atoms. The summed E-state index contributed by atoms with van der Waals surface area (Å²) in [4.78, 5) is 12.4. The van der Waals surface area contributed by atoms with Crippen LogP contribution in [0.3, 0.4) is 0 Å². The maximum atomic E-state index is 10.9. The second-order valence-electron chi connectivity index (χ2n) is 3.21. The van der Waals surface area contributed by atoms with Crippen LogP contribution in [0, 0.1) is 6.92 Å². The molecule has 0 spiro atoms. The van der Waals surface area contributed by atoms with Crippen LogP contribution in [0.2, 0.25) is 0 Å². The normalized spacial score (nSPS) is 10.6. The molecule has 0 aliphatic carbocycles. The molecule has 0 saturated heterocycles. The van der Waals surface area contributed by atoms with E-state index in [1.807, 2.05) is 24.4 Å². The molecule has 0 radical (unpaired) electrons. The van der Waals surface area contributed by atoms with Crippen molar-refractivity contribution in [2.75, 3.05) is 0 Å². The predicted octanol–water partition coefficient (Wildman–Crippen LogP) is 3.64. The van der Waals surface area contributed by atoms with Gasteiger partial charge in [0.2, 0.25) is 0 Å². The van der Waals surface area contributed by atoms with Crippen LogP contribution in [0.15, 0.2) is 33.1 Å². The summed E-state index contributed by atoms with van der Waals surface area (Å²) in [6.07, 6.45) is 1.64. The minimum atomic E-state index is -0.852. The monoisotopic (exact) mass is 254 g/mol. The highest BCUT2D eigenvalue weighted by molar-refractivity contribution is 7.98. The maximum Gasteiger partial charge on any atom is 0.346 e. The molecule has 0 atom stereocenters. The van der Waals surface area contributed by atoms with E-state index in [1.165, 1.54) is 11.3 Å². The summed E-state index contributed by atoms with van der Waals surface area (Å²) in [7, 11) is 0. The van der Waals surface area contributed by atoms with Gasteiger partial charge in [-0.05, 0) is 30.0 Å². The number of aryl methyl sites for hydroxylation is 1. The average molecular weight is 254 g/mol. The molecule has 0 saturated carbocycles. The van der Waals surface area contributed by atoms with Crippen LogP contribution in [0.5, 0.6) is 0 Å². The molecule has 0 aromatic carbocycles. The molecule has 3 nitrogen and oxygen atoms in total. The van der Waals surface area contributed by atoms with Crippen molar-refractivity contribution >= 4 is 29.1 Å². The van der Waals surface area contributed by atoms with Gasteiger partial charge in [0.15, 0.2) is 0 Å². The lowest BCUT2D eigenvalue weighted by molar-refractivity contribution is 0.0701. The Morgan fingerprint density at radius 3 is 3.00 bits per heavy atom. The Morgan fingerprint density at radius 1 is 1.56 bits per heavy atom. The smallest absolute Gasteiger partial charge is 0.346 e. The number of furan rings is 1. The fourth-order valence-electron chi connectivity index (χ4n) is 1.32. The summed E-state index contributed by atoms with van der Waals surface area (Å²) in [5, 5.41) is 10.8. The quantitative estimate of drug-likeness (QED) is 0.846. The molecule has 84 valence electrons. The number of carboxylic acids is 1. The Bertz CT molecular complexity index is 499. The topological polar surface area (TPSA) is 50.4 Å². The van der Waals surface area contributed by atoms with Gasteiger partial charge in [0.1, 0.15) is 10.6 Å². The van der Waals surface area contributed by atoms with E-state index in [-0.39, 0.29) is 0 Å². The molecule has 0 fully saturated rings. The van der Waals surface area contributed by atoms with Gasteiger partial charge in [-0.15, -0.1) is 23.1 Å². The first-order valence-electron chi connectivity index (χ1n) is 4.65. The zero-order chi connectivity index (χ0) is 11.5. The Kier molecular flexibility index (Phi) is 3.36. The lowest BCUT2D eigenvalue weighted by Gasteiger charge is -1.99. The first kappa shape index (κ1) is 11.3. The van der Waals surface area contributed by atoms with Crippen LogP contribution in [0.25, 0.3) is 0 Å². The summed E-state index contributed by atoms with van der Waals surface area (Å²) in [6, 6.07) is 3.75. The van der Waals surface area contributed by atoms with Crippen molar-refractivity contribution in [3.63, 3.8) is 0 Å². The number of aromatic carboxylic acids is 1. The van der Waals surface area contributed by atoms with Crippen molar-refractivity contribution < 1.29 is 14.3 Å². The lowest BCUT2D eigenvalue weighted by atomic mass is 10.3. The molecular weight excluding hydrogens is 244 g/mol. The Balaban J connectivity index is 2.08. The molecule has 0 amide bonds. The van der Waals surface area contributed by atoms with E-state index in [2.05, 4.69) is 0 Å². The highest BCUT2D eigenvalue weighted by atomic mass is 32.2. The van der Waals surface area contributed by atoms with Crippen molar-refractivity contribution in [2.45, 2.75) is 17.6 Å². The number of carboxylic acid groups (broad SMARTS) is 1. The zero-order valence-corrected chi connectivity index (χ0v) is 10.2. The second-order valence-corrected chi connectivity index (χ2v) is 5.14. The maximum absolute atomic E-state index is 10.9. The first-order chi connectivity index (χ1) is 7.68. The molecule has 2 rings (SSSR count). The van der Waals surface area contributed by atoms with Crippen LogP contribution in [-0.2, 0) is 5.75 Å². The predicted molar refractivity (Wildman–Crippen MR) is 64.3 cm³/mol. The molecular formula is C11H10O3S2. The molecule has 5 heteroatoms. The number of hydrogen-bond acceptors (Lipinski definition) is 4. The van der Waals surface area contributed by atoms with Crippen LogP contribution in [-0.4, -0.2) is 11.1 Å². The van der Waals surface area contributed by atoms with Crippen LogP contribution < -0.4 is 0 Å². The van der Waals surface area contributed by atoms with E-state index in [9.17, 15) is 4.79 Å². The fourth-order valence-corrected chi connectivity index (χ4v) is 3.12. The molecule has 2 aromatic heterocycles.